The second-order valence-electron chi connectivity index (χ2n) is 5.93. The first-order chi connectivity index (χ1) is 12.6. The summed E-state index contributed by atoms with van der Waals surface area (Å²) in [5.74, 6) is 1.01. The summed E-state index contributed by atoms with van der Waals surface area (Å²) in [5.41, 5.74) is 1.64. The van der Waals surface area contributed by atoms with Crippen LogP contribution in [0.3, 0.4) is 0 Å². The first-order valence-corrected chi connectivity index (χ1v) is 8.09. The summed E-state index contributed by atoms with van der Waals surface area (Å²) in [6, 6.07) is 12.1. The molecule has 0 aliphatic heterocycles. The molecule has 9 heteroatoms. The van der Waals surface area contributed by atoms with Gasteiger partial charge in [0.25, 0.3) is 0 Å². The van der Waals surface area contributed by atoms with Crippen LogP contribution in [-0.4, -0.2) is 45.8 Å². The van der Waals surface area contributed by atoms with Crippen LogP contribution in [-0.2, 0) is 6.54 Å². The zero-order valence-corrected chi connectivity index (χ0v) is 14.0. The van der Waals surface area contributed by atoms with Crippen LogP contribution < -0.4 is 5.32 Å². The minimum absolute atomic E-state index is 0.0000885. The van der Waals surface area contributed by atoms with Crippen LogP contribution in [0, 0.1) is 0 Å². The molecule has 4 rings (SSSR count). The lowest BCUT2D eigenvalue weighted by Gasteiger charge is -2.16. The van der Waals surface area contributed by atoms with Crippen molar-refractivity contribution in [3.05, 3.63) is 48.7 Å². The molecule has 0 bridgehead atoms. The summed E-state index contributed by atoms with van der Waals surface area (Å²) in [6.07, 6.45) is 1.64. The second-order valence-corrected chi connectivity index (χ2v) is 5.93. The largest absolute Gasteiger partial charge is 0.494 e. The van der Waals surface area contributed by atoms with Gasteiger partial charge in [0.1, 0.15) is 5.52 Å². The fraction of sp³-hybridized carbons (Fsp3) is 0.176. The fourth-order valence-electron chi connectivity index (χ4n) is 2.75. The zero-order chi connectivity index (χ0) is 18.1. The molecule has 1 aromatic carbocycles. The van der Waals surface area contributed by atoms with Gasteiger partial charge in [-0.25, -0.2) is 4.98 Å². The predicted molar refractivity (Wildman–Crippen MR) is 95.3 cm³/mol. The number of hydrogen-bond acceptors (Lipinski definition) is 7. The van der Waals surface area contributed by atoms with Crippen LogP contribution in [0.4, 0.5) is 5.95 Å². The van der Waals surface area contributed by atoms with E-state index in [1.807, 2.05) is 31.2 Å². The van der Waals surface area contributed by atoms with E-state index < -0.39 is 0 Å². The normalized spacial score (nSPS) is 12.3. The highest BCUT2D eigenvalue weighted by Gasteiger charge is 2.12. The van der Waals surface area contributed by atoms with Gasteiger partial charge in [-0.05, 0) is 19.1 Å². The topological polar surface area (TPSA) is 114 Å². The van der Waals surface area contributed by atoms with Crippen molar-refractivity contribution in [1.29, 1.82) is 0 Å². The van der Waals surface area contributed by atoms with E-state index in [-0.39, 0.29) is 17.8 Å². The molecule has 4 aromatic rings. The maximum Gasteiger partial charge on any atom is 0.224 e. The second kappa shape index (κ2) is 6.36. The Bertz CT molecular complexity index is 1040. The van der Waals surface area contributed by atoms with Gasteiger partial charge < -0.3 is 15.5 Å². The van der Waals surface area contributed by atoms with Crippen molar-refractivity contribution >= 4 is 17.0 Å². The fourth-order valence-corrected chi connectivity index (χ4v) is 2.75. The van der Waals surface area contributed by atoms with Gasteiger partial charge in [0.2, 0.25) is 5.95 Å². The summed E-state index contributed by atoms with van der Waals surface area (Å²) in [6.45, 7) is 2.25. The lowest BCUT2D eigenvalue weighted by molar-refractivity contribution is 0.361. The molecule has 0 aliphatic rings. The Balaban J connectivity index is 1.56. The van der Waals surface area contributed by atoms with Gasteiger partial charge in [0.15, 0.2) is 17.6 Å². The highest BCUT2D eigenvalue weighted by Crippen LogP contribution is 2.21. The molecule has 0 radical (unpaired) electrons. The van der Waals surface area contributed by atoms with Crippen LogP contribution in [0.15, 0.2) is 48.7 Å². The van der Waals surface area contributed by atoms with Crippen LogP contribution in [0.25, 0.3) is 16.9 Å². The number of aromatic nitrogens is 6. The number of benzene rings is 1. The van der Waals surface area contributed by atoms with Gasteiger partial charge in [0, 0.05) is 37.0 Å². The molecule has 0 spiro atoms. The molecular weight excluding hydrogens is 334 g/mol. The molecule has 0 unspecified atom stereocenters. The lowest BCUT2D eigenvalue weighted by Crippen LogP contribution is -2.23. The molecule has 3 N–H and O–H groups in total. The maximum absolute atomic E-state index is 9.74. The van der Waals surface area contributed by atoms with Crippen molar-refractivity contribution in [3.63, 3.8) is 0 Å². The van der Waals surface area contributed by atoms with Gasteiger partial charge in [-0.1, -0.05) is 17.3 Å². The zero-order valence-electron chi connectivity index (χ0n) is 14.0. The molecule has 0 amide bonds. The molecule has 0 saturated carbocycles. The summed E-state index contributed by atoms with van der Waals surface area (Å²) in [7, 11) is 0. The van der Waals surface area contributed by atoms with Crippen molar-refractivity contribution in [3.8, 4) is 17.6 Å². The third-order valence-electron chi connectivity index (χ3n) is 3.98. The molecule has 132 valence electrons. The molecular formula is C17H17N7O2. The van der Waals surface area contributed by atoms with Crippen molar-refractivity contribution in [1.82, 2.24) is 29.5 Å². The van der Waals surface area contributed by atoms with Gasteiger partial charge in [-0.3, -0.25) is 4.57 Å². The molecule has 0 saturated heterocycles. The Hall–Kier alpha value is -3.62. The Labute approximate surface area is 148 Å². The third kappa shape index (κ3) is 2.90. The van der Waals surface area contributed by atoms with E-state index >= 15 is 0 Å². The monoisotopic (exact) mass is 351 g/mol. The first kappa shape index (κ1) is 15.9. The van der Waals surface area contributed by atoms with Crippen molar-refractivity contribution in [2.45, 2.75) is 19.5 Å². The Morgan fingerprint density at radius 3 is 2.65 bits per heavy atom. The minimum Gasteiger partial charge on any atom is -0.494 e. The van der Waals surface area contributed by atoms with E-state index in [2.05, 4.69) is 25.6 Å². The van der Waals surface area contributed by atoms with E-state index in [4.69, 9.17) is 0 Å². The quantitative estimate of drug-likeness (QED) is 0.503. The van der Waals surface area contributed by atoms with Gasteiger partial charge in [-0.2, -0.15) is 9.67 Å². The smallest absolute Gasteiger partial charge is 0.224 e. The predicted octanol–water partition coefficient (Wildman–Crippen LogP) is 1.92. The van der Waals surface area contributed by atoms with E-state index in [1.165, 1.54) is 16.7 Å². The molecule has 3 heterocycles. The maximum atomic E-state index is 9.74. The number of aromatic hydroxyl groups is 2. The molecule has 26 heavy (non-hydrogen) atoms. The van der Waals surface area contributed by atoms with Crippen LogP contribution in [0.5, 0.6) is 11.8 Å². The highest BCUT2D eigenvalue weighted by atomic mass is 16.3. The number of fused-ring (bicyclic) bond motifs is 1. The van der Waals surface area contributed by atoms with E-state index in [0.717, 1.165) is 11.0 Å². The summed E-state index contributed by atoms with van der Waals surface area (Å²) < 4.78 is 3.04. The molecule has 0 aliphatic carbocycles. The number of hydrogen-bond donors (Lipinski definition) is 3. The van der Waals surface area contributed by atoms with Crippen LogP contribution in [0.2, 0.25) is 0 Å². The third-order valence-corrected chi connectivity index (χ3v) is 3.98. The van der Waals surface area contributed by atoms with Gasteiger partial charge in [0.05, 0.1) is 5.52 Å². The lowest BCUT2D eigenvalue weighted by atomic mass is 10.3. The summed E-state index contributed by atoms with van der Waals surface area (Å²) in [5, 5.41) is 30.9. The summed E-state index contributed by atoms with van der Waals surface area (Å²) in [4.78, 5) is 8.71. The average molecular weight is 351 g/mol. The Morgan fingerprint density at radius 1 is 1.08 bits per heavy atom. The van der Waals surface area contributed by atoms with Crippen molar-refractivity contribution in [2.75, 3.05) is 5.32 Å². The van der Waals surface area contributed by atoms with Crippen LogP contribution in [0.1, 0.15) is 6.92 Å². The van der Waals surface area contributed by atoms with Crippen LogP contribution >= 0.6 is 0 Å². The minimum atomic E-state index is -0.137. The van der Waals surface area contributed by atoms with E-state index in [0.29, 0.717) is 18.3 Å². The molecule has 1 atom stereocenters. The number of nitrogens with one attached hydrogen (secondary N) is 1. The molecule has 0 fully saturated rings. The molecule has 9 nitrogen and oxygen atoms in total. The number of rotatable bonds is 5. The summed E-state index contributed by atoms with van der Waals surface area (Å²) >= 11 is 0. The SMILES string of the molecule is C[C@H](Cn1c(O)ccc1O)Nc1nccc(-n2nnc3ccccc32)n1. The van der Waals surface area contributed by atoms with E-state index in [1.54, 1.807) is 16.9 Å². The van der Waals surface area contributed by atoms with Gasteiger partial charge in [-0.15, -0.1) is 5.10 Å². The first-order valence-electron chi connectivity index (χ1n) is 8.09. The Kier molecular flexibility index (Phi) is 3.88. The Morgan fingerprint density at radius 2 is 1.85 bits per heavy atom. The van der Waals surface area contributed by atoms with Crippen molar-refractivity contribution < 1.29 is 10.2 Å². The number of anilines is 1. The average Bonchev–Trinajstić information content (AvgIpc) is 3.20. The number of nitrogens with zero attached hydrogens (tertiary/aromatic N) is 6. The number of para-hydroxylation sites is 1. The standard InChI is InChI=1S/C17H17N7O2/c1-11(10-23-15(25)6-7-16(23)26)19-17-18-9-8-14(20-17)24-13-5-3-2-4-12(13)21-22-24/h2-9,11,25-26H,10H2,1H3,(H,18,19,20)/t11-/m1/s1. The highest BCUT2D eigenvalue weighted by molar-refractivity contribution is 5.75. The molecule has 3 aromatic heterocycles. The van der Waals surface area contributed by atoms with Gasteiger partial charge >= 0.3 is 0 Å². The van der Waals surface area contributed by atoms with E-state index in [9.17, 15) is 10.2 Å². The van der Waals surface area contributed by atoms with Crippen molar-refractivity contribution in [2.24, 2.45) is 0 Å².